The van der Waals surface area contributed by atoms with E-state index in [2.05, 4.69) is 11.4 Å². The van der Waals surface area contributed by atoms with Crippen molar-refractivity contribution in [2.45, 2.75) is 26.7 Å². The standard InChI is InChI=1S/C11H18N2O2S/c1-3-16(15)5-4-13-10(14)11(8-12)6-9(2)7-11/h9H,3-7H2,1-2H3,(H,13,14). The third kappa shape index (κ3) is 2.82. The third-order valence-corrected chi connectivity index (χ3v) is 4.28. The smallest absolute Gasteiger partial charge is 0.240 e. The van der Waals surface area contributed by atoms with Crippen LogP contribution in [0.4, 0.5) is 0 Å². The molecule has 0 bridgehead atoms. The molecule has 0 heterocycles. The highest BCUT2D eigenvalue weighted by molar-refractivity contribution is 7.84. The minimum Gasteiger partial charge on any atom is -0.354 e. The number of nitrogens with zero attached hydrogens (tertiary/aromatic N) is 1. The highest BCUT2D eigenvalue weighted by Crippen LogP contribution is 2.44. The van der Waals surface area contributed by atoms with E-state index in [1.54, 1.807) is 0 Å². The van der Waals surface area contributed by atoms with Gasteiger partial charge in [0.15, 0.2) is 0 Å². The summed E-state index contributed by atoms with van der Waals surface area (Å²) in [5.74, 6) is 1.34. The van der Waals surface area contributed by atoms with E-state index in [1.807, 2.05) is 13.8 Å². The Morgan fingerprint density at radius 3 is 2.69 bits per heavy atom. The predicted octanol–water partition coefficient (Wildman–Crippen LogP) is 0.811. The van der Waals surface area contributed by atoms with Crippen LogP contribution >= 0.6 is 0 Å². The lowest BCUT2D eigenvalue weighted by atomic mass is 9.63. The van der Waals surface area contributed by atoms with E-state index in [0.717, 1.165) is 0 Å². The molecule has 0 aliphatic heterocycles. The second kappa shape index (κ2) is 5.44. The van der Waals surface area contributed by atoms with Crippen LogP contribution in [0, 0.1) is 22.7 Å². The van der Waals surface area contributed by atoms with Crippen molar-refractivity contribution in [3.63, 3.8) is 0 Å². The van der Waals surface area contributed by atoms with Crippen LogP contribution < -0.4 is 5.32 Å². The first-order chi connectivity index (χ1) is 7.54. The van der Waals surface area contributed by atoms with E-state index in [-0.39, 0.29) is 5.91 Å². The summed E-state index contributed by atoms with van der Waals surface area (Å²) in [6, 6.07) is 2.11. The van der Waals surface area contributed by atoms with Crippen molar-refractivity contribution in [3.05, 3.63) is 0 Å². The van der Waals surface area contributed by atoms with Crippen molar-refractivity contribution in [1.82, 2.24) is 5.32 Å². The average Bonchev–Trinajstić information content (AvgIpc) is 2.23. The van der Waals surface area contributed by atoms with E-state index in [4.69, 9.17) is 5.26 Å². The van der Waals surface area contributed by atoms with Crippen molar-refractivity contribution in [2.75, 3.05) is 18.1 Å². The molecular formula is C11H18N2O2S. The van der Waals surface area contributed by atoms with Crippen molar-refractivity contribution in [1.29, 1.82) is 5.26 Å². The first-order valence-electron chi connectivity index (χ1n) is 5.58. The molecule has 1 aliphatic rings. The van der Waals surface area contributed by atoms with E-state index >= 15 is 0 Å². The Bertz CT molecular complexity index is 329. The summed E-state index contributed by atoms with van der Waals surface area (Å²) in [7, 11) is -0.861. The van der Waals surface area contributed by atoms with E-state index < -0.39 is 16.2 Å². The molecule has 1 saturated carbocycles. The molecule has 1 rings (SSSR count). The van der Waals surface area contributed by atoms with E-state index in [9.17, 15) is 9.00 Å². The Morgan fingerprint density at radius 1 is 1.62 bits per heavy atom. The van der Waals surface area contributed by atoms with Gasteiger partial charge in [-0.2, -0.15) is 5.26 Å². The van der Waals surface area contributed by atoms with Crippen molar-refractivity contribution < 1.29 is 9.00 Å². The van der Waals surface area contributed by atoms with Crippen LogP contribution in [0.1, 0.15) is 26.7 Å². The molecule has 1 aliphatic carbocycles. The lowest BCUT2D eigenvalue weighted by Gasteiger charge is -2.39. The monoisotopic (exact) mass is 242 g/mol. The van der Waals surface area contributed by atoms with E-state index in [0.29, 0.717) is 36.8 Å². The summed E-state index contributed by atoms with van der Waals surface area (Å²) < 4.78 is 11.1. The summed E-state index contributed by atoms with van der Waals surface area (Å²) >= 11 is 0. The molecule has 4 nitrogen and oxygen atoms in total. The van der Waals surface area contributed by atoms with Crippen molar-refractivity contribution in [3.8, 4) is 6.07 Å². The number of rotatable bonds is 5. The number of hydrogen-bond donors (Lipinski definition) is 1. The van der Waals surface area contributed by atoms with Gasteiger partial charge in [-0.1, -0.05) is 13.8 Å². The number of carbonyl (C=O) groups excluding carboxylic acids is 1. The molecule has 0 spiro atoms. The summed E-state index contributed by atoms with van der Waals surface area (Å²) in [6.07, 6.45) is 1.29. The summed E-state index contributed by atoms with van der Waals surface area (Å²) in [6.45, 7) is 4.29. The zero-order valence-electron chi connectivity index (χ0n) is 9.78. The van der Waals surface area contributed by atoms with Crippen LogP contribution in [0.3, 0.4) is 0 Å². The molecule has 1 fully saturated rings. The molecule has 1 atom stereocenters. The maximum Gasteiger partial charge on any atom is 0.240 e. The first kappa shape index (κ1) is 13.2. The Kier molecular flexibility index (Phi) is 4.48. The third-order valence-electron chi connectivity index (χ3n) is 2.98. The van der Waals surface area contributed by atoms with Gasteiger partial charge >= 0.3 is 0 Å². The van der Waals surface area contributed by atoms with Crippen molar-refractivity contribution in [2.24, 2.45) is 11.3 Å². The quantitative estimate of drug-likeness (QED) is 0.775. The van der Waals surface area contributed by atoms with Gasteiger partial charge in [-0.05, 0) is 18.8 Å². The fourth-order valence-corrected chi connectivity index (χ4v) is 2.67. The largest absolute Gasteiger partial charge is 0.354 e. The summed E-state index contributed by atoms with van der Waals surface area (Å²) in [4.78, 5) is 11.8. The molecule has 0 aromatic heterocycles. The minimum absolute atomic E-state index is 0.193. The summed E-state index contributed by atoms with van der Waals surface area (Å²) in [5.41, 5.74) is -0.812. The molecule has 1 amide bonds. The predicted molar refractivity (Wildman–Crippen MR) is 63.0 cm³/mol. The van der Waals surface area contributed by atoms with Gasteiger partial charge in [0.25, 0.3) is 0 Å². The topological polar surface area (TPSA) is 70.0 Å². The van der Waals surface area contributed by atoms with Gasteiger partial charge in [0.2, 0.25) is 5.91 Å². The molecular weight excluding hydrogens is 224 g/mol. The molecule has 0 saturated heterocycles. The van der Waals surface area contributed by atoms with Gasteiger partial charge < -0.3 is 5.32 Å². The number of carbonyl (C=O) groups is 1. The van der Waals surface area contributed by atoms with Crippen LogP contribution in [0.15, 0.2) is 0 Å². The molecule has 0 radical (unpaired) electrons. The van der Waals surface area contributed by atoms with Crippen molar-refractivity contribution >= 4 is 16.7 Å². The SMILES string of the molecule is CCS(=O)CCNC(=O)C1(C#N)CC(C)C1. The van der Waals surface area contributed by atoms with Gasteiger partial charge in [0.1, 0.15) is 5.41 Å². The number of nitriles is 1. The molecule has 90 valence electrons. The second-order valence-electron chi connectivity index (χ2n) is 4.40. The first-order valence-corrected chi connectivity index (χ1v) is 7.07. The number of amides is 1. The average molecular weight is 242 g/mol. The van der Waals surface area contributed by atoms with Crippen LogP contribution in [0.25, 0.3) is 0 Å². The molecule has 5 heteroatoms. The van der Waals surface area contributed by atoms with E-state index in [1.165, 1.54) is 0 Å². The molecule has 16 heavy (non-hydrogen) atoms. The Morgan fingerprint density at radius 2 is 2.25 bits per heavy atom. The zero-order valence-corrected chi connectivity index (χ0v) is 10.6. The maximum atomic E-state index is 11.8. The summed E-state index contributed by atoms with van der Waals surface area (Å²) in [5, 5.41) is 11.7. The number of hydrogen-bond acceptors (Lipinski definition) is 3. The lowest BCUT2D eigenvalue weighted by Crippen LogP contribution is -2.48. The Labute approximate surface area is 98.9 Å². The van der Waals surface area contributed by atoms with Crippen LogP contribution in [0.5, 0.6) is 0 Å². The second-order valence-corrected chi connectivity index (χ2v) is 6.26. The van der Waals surface area contributed by atoms with Gasteiger partial charge in [-0.25, -0.2) is 0 Å². The molecule has 1 N–H and O–H groups in total. The minimum atomic E-state index is -0.861. The molecule has 0 aromatic carbocycles. The van der Waals surface area contributed by atoms with Gasteiger partial charge in [-0.15, -0.1) is 0 Å². The van der Waals surface area contributed by atoms with Crippen LogP contribution in [-0.4, -0.2) is 28.2 Å². The van der Waals surface area contributed by atoms with Crippen LogP contribution in [0.2, 0.25) is 0 Å². The maximum absolute atomic E-state index is 11.8. The molecule has 1 unspecified atom stereocenters. The normalized spacial score (nSPS) is 29.9. The lowest BCUT2D eigenvalue weighted by molar-refractivity contribution is -0.133. The fraction of sp³-hybridized carbons (Fsp3) is 0.818. The van der Waals surface area contributed by atoms with Gasteiger partial charge in [0, 0.05) is 28.9 Å². The van der Waals surface area contributed by atoms with Gasteiger partial charge in [-0.3, -0.25) is 9.00 Å². The Hall–Kier alpha value is -0.890. The highest BCUT2D eigenvalue weighted by Gasteiger charge is 2.48. The number of nitrogens with one attached hydrogen (secondary N) is 1. The van der Waals surface area contributed by atoms with Gasteiger partial charge in [0.05, 0.1) is 6.07 Å². The Balaban J connectivity index is 2.35. The highest BCUT2D eigenvalue weighted by atomic mass is 32.2. The zero-order chi connectivity index (χ0) is 12.2. The molecule has 0 aromatic rings. The van der Waals surface area contributed by atoms with Crippen LogP contribution in [-0.2, 0) is 15.6 Å². The fourth-order valence-electron chi connectivity index (χ4n) is 2.05.